The zero-order valence-electron chi connectivity index (χ0n) is 24.0. The van der Waals surface area contributed by atoms with E-state index >= 15 is 0 Å². The van der Waals surface area contributed by atoms with E-state index in [1.54, 1.807) is 6.08 Å². The number of hydrogen-bond donors (Lipinski definition) is 0. The number of carbonyl (C=O) groups is 4. The van der Waals surface area contributed by atoms with Crippen LogP contribution in [0.25, 0.3) is 0 Å². The number of esters is 4. The van der Waals surface area contributed by atoms with Crippen LogP contribution in [-0.4, -0.2) is 37.5 Å². The molecule has 8 nitrogen and oxygen atoms in total. The highest BCUT2D eigenvalue weighted by Gasteiger charge is 2.07. The molecule has 0 amide bonds. The number of unbranched alkanes of at least 4 members (excludes halogenated alkanes) is 14. The average Bonchev–Trinajstić information content (AvgIpc) is 2.89. The van der Waals surface area contributed by atoms with Gasteiger partial charge in [0.1, 0.15) is 0 Å². The second kappa shape index (κ2) is 27.6. The first-order valence-corrected chi connectivity index (χ1v) is 14.8. The Kier molecular flexibility index (Phi) is 25.9. The third kappa shape index (κ3) is 26.7. The molecular formula is C30H52O8. The predicted octanol–water partition coefficient (Wildman–Crippen LogP) is 7.47. The van der Waals surface area contributed by atoms with E-state index in [2.05, 4.69) is 13.8 Å². The van der Waals surface area contributed by atoms with Crippen LogP contribution in [0.1, 0.15) is 142 Å². The second-order valence-electron chi connectivity index (χ2n) is 9.64. The maximum atomic E-state index is 11.7. The molecule has 0 bridgehead atoms. The summed E-state index contributed by atoms with van der Waals surface area (Å²) in [4.78, 5) is 46.5. The molecule has 0 saturated carbocycles. The molecule has 0 aromatic carbocycles. The van der Waals surface area contributed by atoms with E-state index in [-0.39, 0.29) is 31.5 Å². The van der Waals surface area contributed by atoms with E-state index in [4.69, 9.17) is 18.9 Å². The zero-order chi connectivity index (χ0) is 28.1. The predicted molar refractivity (Wildman–Crippen MR) is 147 cm³/mol. The largest absolute Gasteiger partial charge is 0.428 e. The molecule has 0 unspecified atom stereocenters. The molecule has 38 heavy (non-hydrogen) atoms. The first kappa shape index (κ1) is 35.6. The van der Waals surface area contributed by atoms with Gasteiger partial charge in [-0.2, -0.15) is 0 Å². The Labute approximate surface area is 230 Å². The molecule has 0 saturated heterocycles. The molecule has 0 rings (SSSR count). The topological polar surface area (TPSA) is 105 Å². The van der Waals surface area contributed by atoms with Crippen LogP contribution in [0.4, 0.5) is 0 Å². The van der Waals surface area contributed by atoms with Gasteiger partial charge in [0.2, 0.25) is 13.6 Å². The smallest absolute Gasteiger partial charge is 0.333 e. The van der Waals surface area contributed by atoms with E-state index in [1.165, 1.54) is 25.3 Å². The minimum Gasteiger partial charge on any atom is -0.428 e. The fraction of sp³-hybridized carbons (Fsp3) is 0.800. The molecule has 0 radical (unpaired) electrons. The molecule has 0 N–H and O–H groups in total. The van der Waals surface area contributed by atoms with E-state index < -0.39 is 5.97 Å². The van der Waals surface area contributed by atoms with Gasteiger partial charge in [-0.1, -0.05) is 97.0 Å². The van der Waals surface area contributed by atoms with Crippen LogP contribution < -0.4 is 0 Å². The van der Waals surface area contributed by atoms with Crippen LogP contribution >= 0.6 is 0 Å². The molecule has 0 aliphatic rings. The van der Waals surface area contributed by atoms with Crippen LogP contribution in [0.2, 0.25) is 0 Å². The Morgan fingerprint density at radius 1 is 0.474 bits per heavy atom. The number of hydrogen-bond acceptors (Lipinski definition) is 8. The first-order chi connectivity index (χ1) is 18.5. The Hall–Kier alpha value is -2.38. The fourth-order valence-electron chi connectivity index (χ4n) is 3.74. The van der Waals surface area contributed by atoms with Crippen LogP contribution in [0, 0.1) is 0 Å². The van der Waals surface area contributed by atoms with Crippen molar-refractivity contribution >= 4 is 23.9 Å². The molecular weight excluding hydrogens is 488 g/mol. The van der Waals surface area contributed by atoms with Crippen molar-refractivity contribution in [1.29, 1.82) is 0 Å². The molecule has 0 atom stereocenters. The van der Waals surface area contributed by atoms with Gasteiger partial charge in [0.25, 0.3) is 0 Å². The van der Waals surface area contributed by atoms with Crippen molar-refractivity contribution in [3.05, 3.63) is 12.2 Å². The summed E-state index contributed by atoms with van der Waals surface area (Å²) in [6.45, 7) is 3.66. The summed E-state index contributed by atoms with van der Waals surface area (Å²) < 4.78 is 19.7. The zero-order valence-corrected chi connectivity index (χ0v) is 24.0. The van der Waals surface area contributed by atoms with Crippen molar-refractivity contribution in [2.75, 3.05) is 13.6 Å². The van der Waals surface area contributed by atoms with Gasteiger partial charge in [0, 0.05) is 25.3 Å². The molecule has 0 aliphatic heterocycles. The molecule has 0 aliphatic carbocycles. The number of ether oxygens (including phenoxy) is 4. The Balaban J connectivity index is 3.48. The Bertz CT molecular complexity index is 644. The van der Waals surface area contributed by atoms with Crippen LogP contribution in [0.5, 0.6) is 0 Å². The lowest BCUT2D eigenvalue weighted by molar-refractivity contribution is -0.168. The molecule has 0 aromatic rings. The normalized spacial score (nSPS) is 10.9. The van der Waals surface area contributed by atoms with Gasteiger partial charge < -0.3 is 18.9 Å². The van der Waals surface area contributed by atoms with Crippen molar-refractivity contribution < 1.29 is 38.1 Å². The number of carbonyl (C=O) groups excluding carboxylic acids is 4. The second-order valence-corrected chi connectivity index (χ2v) is 9.64. The molecule has 220 valence electrons. The summed E-state index contributed by atoms with van der Waals surface area (Å²) >= 11 is 0. The standard InChI is InChI=1S/C30H52O8/c1-3-5-7-13-17-21-27(31)35-25-37-29(33)23-19-15-11-9-10-12-16-20-24-30(34)38-26-36-28(32)22-18-14-8-6-4-2/h19,23H,3-18,20-22,24-26H2,1-2H3. The number of rotatable bonds is 26. The summed E-state index contributed by atoms with van der Waals surface area (Å²) in [5.74, 6) is -1.50. The summed E-state index contributed by atoms with van der Waals surface area (Å²) in [5.41, 5.74) is 0. The van der Waals surface area contributed by atoms with Gasteiger partial charge in [-0.05, 0) is 32.1 Å². The average molecular weight is 541 g/mol. The van der Waals surface area contributed by atoms with Gasteiger partial charge >= 0.3 is 23.9 Å². The highest BCUT2D eigenvalue weighted by molar-refractivity contribution is 5.81. The Morgan fingerprint density at radius 2 is 0.842 bits per heavy atom. The van der Waals surface area contributed by atoms with Crippen molar-refractivity contribution in [3.63, 3.8) is 0 Å². The van der Waals surface area contributed by atoms with Crippen molar-refractivity contribution in [3.8, 4) is 0 Å². The fourth-order valence-corrected chi connectivity index (χ4v) is 3.74. The highest BCUT2D eigenvalue weighted by Crippen LogP contribution is 2.10. The van der Waals surface area contributed by atoms with Gasteiger partial charge in [-0.15, -0.1) is 0 Å². The summed E-state index contributed by atoms with van der Waals surface area (Å²) in [7, 11) is 0. The molecule has 0 fully saturated rings. The maximum Gasteiger partial charge on any atom is 0.333 e. The third-order valence-electron chi connectivity index (χ3n) is 6.09. The summed E-state index contributed by atoms with van der Waals surface area (Å²) in [6.07, 6.45) is 21.3. The highest BCUT2D eigenvalue weighted by atomic mass is 16.7. The van der Waals surface area contributed by atoms with Gasteiger partial charge in [-0.3, -0.25) is 14.4 Å². The maximum absolute atomic E-state index is 11.7. The van der Waals surface area contributed by atoms with Crippen molar-refractivity contribution in [2.24, 2.45) is 0 Å². The van der Waals surface area contributed by atoms with Crippen molar-refractivity contribution in [1.82, 2.24) is 0 Å². The lowest BCUT2D eigenvalue weighted by atomic mass is 10.1. The van der Waals surface area contributed by atoms with E-state index in [1.807, 2.05) is 0 Å². The van der Waals surface area contributed by atoms with Gasteiger partial charge in [0.05, 0.1) is 0 Å². The van der Waals surface area contributed by atoms with E-state index in [0.29, 0.717) is 19.3 Å². The molecule has 0 spiro atoms. The third-order valence-corrected chi connectivity index (χ3v) is 6.09. The Morgan fingerprint density at radius 3 is 1.29 bits per heavy atom. The van der Waals surface area contributed by atoms with Crippen LogP contribution in [-0.2, 0) is 38.1 Å². The summed E-state index contributed by atoms with van der Waals surface area (Å²) in [6, 6.07) is 0. The minimum atomic E-state index is -0.509. The molecule has 0 aromatic heterocycles. The van der Waals surface area contributed by atoms with E-state index in [0.717, 1.165) is 89.9 Å². The van der Waals surface area contributed by atoms with Crippen LogP contribution in [0.3, 0.4) is 0 Å². The van der Waals surface area contributed by atoms with Crippen molar-refractivity contribution in [2.45, 2.75) is 142 Å². The molecule has 0 heterocycles. The van der Waals surface area contributed by atoms with Gasteiger partial charge in [0.15, 0.2) is 0 Å². The first-order valence-electron chi connectivity index (χ1n) is 14.8. The minimum absolute atomic E-state index is 0.294. The summed E-state index contributed by atoms with van der Waals surface area (Å²) in [5, 5.41) is 0. The van der Waals surface area contributed by atoms with Gasteiger partial charge in [-0.25, -0.2) is 4.79 Å². The quantitative estimate of drug-likeness (QED) is 0.0481. The lowest BCUT2D eigenvalue weighted by Gasteiger charge is -2.06. The number of allylic oxidation sites excluding steroid dienone is 1. The SMILES string of the molecule is CCCCCCCC(=O)OCOC(=O)C=CCCCCCCCCC(=O)OCOC(=O)CCCCCCC. The lowest BCUT2D eigenvalue weighted by Crippen LogP contribution is -2.12. The van der Waals surface area contributed by atoms with E-state index in [9.17, 15) is 19.2 Å². The molecule has 8 heteroatoms. The van der Waals surface area contributed by atoms with Crippen LogP contribution in [0.15, 0.2) is 12.2 Å². The monoisotopic (exact) mass is 540 g/mol.